The Morgan fingerprint density at radius 2 is 1.96 bits per heavy atom. The van der Waals surface area contributed by atoms with Crippen molar-refractivity contribution >= 4 is 51.8 Å². The lowest BCUT2D eigenvalue weighted by Gasteiger charge is -2.31. The van der Waals surface area contributed by atoms with Crippen LogP contribution in [0.4, 0.5) is 10.2 Å². The molecule has 1 saturated heterocycles. The van der Waals surface area contributed by atoms with E-state index in [1.807, 2.05) is 22.6 Å². The zero-order chi connectivity index (χ0) is 18.7. The van der Waals surface area contributed by atoms with E-state index in [-0.39, 0.29) is 23.5 Å². The minimum atomic E-state index is -0.364. The normalized spacial score (nSPS) is 15.0. The molecule has 2 amide bonds. The Hall–Kier alpha value is -1.74. The number of amides is 2. The zero-order valence-electron chi connectivity index (χ0n) is 13.7. The minimum Gasteiger partial charge on any atom is -0.339 e. The van der Waals surface area contributed by atoms with Crippen molar-refractivity contribution in [1.82, 2.24) is 9.88 Å². The molecule has 0 radical (unpaired) electrons. The van der Waals surface area contributed by atoms with Crippen LogP contribution >= 0.6 is 34.2 Å². The maximum Gasteiger partial charge on any atom is 0.254 e. The van der Waals surface area contributed by atoms with E-state index in [4.69, 9.17) is 11.6 Å². The number of pyridine rings is 1. The highest BCUT2D eigenvalue weighted by atomic mass is 127. The van der Waals surface area contributed by atoms with E-state index in [1.54, 1.807) is 17.0 Å². The highest BCUT2D eigenvalue weighted by Crippen LogP contribution is 2.23. The standard InChI is InChI=1S/C18H16ClFIN3O2/c19-12-1-4-16(22-10-12)23-17(25)11-5-7-24(8-6-11)18(26)14-3-2-13(20)9-15(14)21/h1-4,9-11H,5-8H2,(H,22,23,25). The summed E-state index contributed by atoms with van der Waals surface area (Å²) < 4.78 is 13.8. The Morgan fingerprint density at radius 3 is 2.58 bits per heavy atom. The van der Waals surface area contributed by atoms with Gasteiger partial charge in [-0.15, -0.1) is 0 Å². The van der Waals surface area contributed by atoms with E-state index in [2.05, 4.69) is 10.3 Å². The largest absolute Gasteiger partial charge is 0.339 e. The molecule has 0 atom stereocenters. The van der Waals surface area contributed by atoms with Crippen LogP contribution in [0, 0.1) is 15.3 Å². The van der Waals surface area contributed by atoms with Crippen LogP contribution in [0.5, 0.6) is 0 Å². The third-order valence-electron chi connectivity index (χ3n) is 4.29. The van der Waals surface area contributed by atoms with E-state index in [9.17, 15) is 14.0 Å². The molecular weight excluding hydrogens is 472 g/mol. The lowest BCUT2D eigenvalue weighted by atomic mass is 9.95. The van der Waals surface area contributed by atoms with Gasteiger partial charge in [-0.1, -0.05) is 11.6 Å². The monoisotopic (exact) mass is 487 g/mol. The summed E-state index contributed by atoms with van der Waals surface area (Å²) in [6.07, 6.45) is 2.62. The summed E-state index contributed by atoms with van der Waals surface area (Å²) >= 11 is 7.74. The second-order valence-electron chi connectivity index (χ2n) is 6.04. The summed E-state index contributed by atoms with van der Waals surface area (Å²) in [7, 11) is 0. The van der Waals surface area contributed by atoms with Gasteiger partial charge in [-0.3, -0.25) is 9.59 Å². The second-order valence-corrected chi connectivity index (χ2v) is 7.64. The van der Waals surface area contributed by atoms with Crippen LogP contribution in [-0.4, -0.2) is 34.8 Å². The molecule has 136 valence electrons. The first-order valence-electron chi connectivity index (χ1n) is 8.11. The van der Waals surface area contributed by atoms with E-state index >= 15 is 0 Å². The van der Waals surface area contributed by atoms with Gasteiger partial charge in [-0.2, -0.15) is 0 Å². The molecule has 1 aliphatic rings. The Kier molecular flexibility index (Phi) is 6.08. The number of piperidine rings is 1. The number of carbonyl (C=O) groups is 2. The topological polar surface area (TPSA) is 62.3 Å². The molecule has 0 bridgehead atoms. The molecule has 1 fully saturated rings. The van der Waals surface area contributed by atoms with Crippen molar-refractivity contribution in [3.05, 3.63) is 56.5 Å². The highest BCUT2D eigenvalue weighted by molar-refractivity contribution is 14.1. The second kappa shape index (κ2) is 8.30. The van der Waals surface area contributed by atoms with Gasteiger partial charge < -0.3 is 10.2 Å². The van der Waals surface area contributed by atoms with Gasteiger partial charge in [0.25, 0.3) is 5.91 Å². The molecule has 0 aliphatic carbocycles. The summed E-state index contributed by atoms with van der Waals surface area (Å²) in [6.45, 7) is 0.969. The van der Waals surface area contributed by atoms with Crippen LogP contribution in [0.2, 0.25) is 5.02 Å². The number of likely N-dealkylation sites (tertiary alicyclic amines) is 1. The van der Waals surface area contributed by atoms with Gasteiger partial charge >= 0.3 is 0 Å². The predicted octanol–water partition coefficient (Wildman–Crippen LogP) is 3.97. The van der Waals surface area contributed by atoms with Crippen LogP contribution in [0.3, 0.4) is 0 Å². The van der Waals surface area contributed by atoms with Crippen LogP contribution in [0.1, 0.15) is 23.2 Å². The van der Waals surface area contributed by atoms with Gasteiger partial charge in [0.15, 0.2) is 0 Å². The van der Waals surface area contributed by atoms with Crippen molar-refractivity contribution in [1.29, 1.82) is 0 Å². The molecule has 1 N–H and O–H groups in total. The van der Waals surface area contributed by atoms with Crippen molar-refractivity contribution < 1.29 is 14.0 Å². The van der Waals surface area contributed by atoms with E-state index in [0.717, 1.165) is 0 Å². The Morgan fingerprint density at radius 1 is 1.23 bits per heavy atom. The number of nitrogens with zero attached hydrogens (tertiary/aromatic N) is 2. The molecule has 2 heterocycles. The lowest BCUT2D eigenvalue weighted by Crippen LogP contribution is -2.41. The van der Waals surface area contributed by atoms with Gasteiger partial charge in [0.1, 0.15) is 11.6 Å². The average molecular weight is 488 g/mol. The molecule has 26 heavy (non-hydrogen) atoms. The van der Waals surface area contributed by atoms with Gasteiger partial charge in [0.2, 0.25) is 5.91 Å². The SMILES string of the molecule is O=C(Nc1ccc(Cl)cn1)C1CCN(C(=O)c2ccc(F)cc2I)CC1. The van der Waals surface area contributed by atoms with E-state index < -0.39 is 0 Å². The van der Waals surface area contributed by atoms with Crippen molar-refractivity contribution in [2.45, 2.75) is 12.8 Å². The molecular formula is C18H16ClFIN3O2. The first-order chi connectivity index (χ1) is 12.4. The summed E-state index contributed by atoms with van der Waals surface area (Å²) in [5.41, 5.74) is 0.486. The number of halogens is 3. The number of carbonyl (C=O) groups excluding carboxylic acids is 2. The Labute approximate surface area is 169 Å². The Balaban J connectivity index is 1.57. The number of nitrogens with one attached hydrogen (secondary N) is 1. The Bertz CT molecular complexity index is 824. The molecule has 2 aromatic rings. The van der Waals surface area contributed by atoms with Crippen LogP contribution in [-0.2, 0) is 4.79 Å². The van der Waals surface area contributed by atoms with Gasteiger partial charge in [-0.05, 0) is 65.8 Å². The van der Waals surface area contributed by atoms with E-state index in [0.29, 0.717) is 45.9 Å². The third kappa shape index (κ3) is 4.50. The summed E-state index contributed by atoms with van der Waals surface area (Å²) in [6, 6.07) is 7.44. The molecule has 5 nitrogen and oxygen atoms in total. The number of benzene rings is 1. The minimum absolute atomic E-state index is 0.108. The zero-order valence-corrected chi connectivity index (χ0v) is 16.6. The molecule has 8 heteroatoms. The van der Waals surface area contributed by atoms with Crippen molar-refractivity contribution in [3.63, 3.8) is 0 Å². The fourth-order valence-corrected chi connectivity index (χ4v) is 3.68. The fourth-order valence-electron chi connectivity index (χ4n) is 2.86. The van der Waals surface area contributed by atoms with Gasteiger partial charge in [0.05, 0.1) is 10.6 Å². The van der Waals surface area contributed by atoms with Gasteiger partial charge in [0, 0.05) is 28.8 Å². The molecule has 3 rings (SSSR count). The number of rotatable bonds is 3. The third-order valence-corrected chi connectivity index (χ3v) is 5.41. The first kappa shape index (κ1) is 19.0. The fraction of sp³-hybridized carbons (Fsp3) is 0.278. The molecule has 0 spiro atoms. The first-order valence-corrected chi connectivity index (χ1v) is 9.56. The van der Waals surface area contributed by atoms with Crippen molar-refractivity contribution in [2.75, 3.05) is 18.4 Å². The summed E-state index contributed by atoms with van der Waals surface area (Å²) in [5.74, 6) is -0.323. The van der Waals surface area contributed by atoms with Crippen LogP contribution < -0.4 is 5.32 Å². The number of anilines is 1. The number of hydrogen-bond donors (Lipinski definition) is 1. The maximum atomic E-state index is 13.2. The average Bonchev–Trinajstić information content (AvgIpc) is 2.63. The number of aromatic nitrogens is 1. The molecule has 0 saturated carbocycles. The predicted molar refractivity (Wildman–Crippen MR) is 106 cm³/mol. The van der Waals surface area contributed by atoms with Crippen molar-refractivity contribution in [3.8, 4) is 0 Å². The summed E-state index contributed by atoms with van der Waals surface area (Å²) in [5, 5.41) is 3.28. The molecule has 0 unspecified atom stereocenters. The number of hydrogen-bond acceptors (Lipinski definition) is 3. The summed E-state index contributed by atoms with van der Waals surface area (Å²) in [4.78, 5) is 30.7. The molecule has 1 aromatic heterocycles. The highest BCUT2D eigenvalue weighted by Gasteiger charge is 2.28. The van der Waals surface area contributed by atoms with Crippen LogP contribution in [0.15, 0.2) is 36.5 Å². The van der Waals surface area contributed by atoms with E-state index in [1.165, 1.54) is 24.4 Å². The molecule has 1 aliphatic heterocycles. The maximum absolute atomic E-state index is 13.2. The van der Waals surface area contributed by atoms with Crippen LogP contribution in [0.25, 0.3) is 0 Å². The van der Waals surface area contributed by atoms with Gasteiger partial charge in [-0.25, -0.2) is 9.37 Å². The van der Waals surface area contributed by atoms with Crippen molar-refractivity contribution in [2.24, 2.45) is 5.92 Å². The lowest BCUT2D eigenvalue weighted by molar-refractivity contribution is -0.121. The molecule has 1 aromatic carbocycles. The smallest absolute Gasteiger partial charge is 0.254 e. The quantitative estimate of drug-likeness (QED) is 0.667.